The third kappa shape index (κ3) is 853. The van der Waals surface area contributed by atoms with E-state index in [4.69, 9.17) is 1.28 Å². The summed E-state index contributed by atoms with van der Waals surface area (Å²) < 4.78 is 45.4. The van der Waals surface area contributed by atoms with Crippen molar-refractivity contribution in [1.29, 1.82) is 1.28 Å². The molecule has 0 bridgehead atoms. The number of hydrogen-bond acceptors (Lipinski definition) is 0. The molecule has 0 aromatic heterocycles. The SMILES string of the molecule is [3H]P(F)(F)(F)F. The van der Waals surface area contributed by atoms with Gasteiger partial charge in [0.05, 0.1) is 0 Å². The van der Waals surface area contributed by atoms with Gasteiger partial charge in [0.25, 0.3) is 0 Å². The van der Waals surface area contributed by atoms with Crippen molar-refractivity contribution in [2.24, 2.45) is 0 Å². The number of rotatable bonds is 0. The molecule has 0 atom stereocenters. The second-order valence-electron chi connectivity index (χ2n) is 0.383. The Hall–Kier alpha value is 0.150. The van der Waals surface area contributed by atoms with E-state index >= 15 is 0 Å². The van der Waals surface area contributed by atoms with Crippen LogP contribution in [0.5, 0.6) is 0 Å². The molecule has 0 fully saturated rings. The Balaban J connectivity index is 3.73. The Kier molecular flexibility index (Phi) is 0.728. The molecule has 0 radical (unpaired) electrons. The molecule has 0 saturated carbocycles. The molecule has 0 aliphatic rings. The fraction of sp³-hybridized carbons (Fsp3) is 0. The van der Waals surface area contributed by atoms with Gasteiger partial charge in [-0.3, -0.25) is 0 Å². The predicted molar refractivity (Wildman–Crippen MR) is 12.7 cm³/mol. The van der Waals surface area contributed by atoms with Gasteiger partial charge < -0.3 is 0 Å². The van der Waals surface area contributed by atoms with Crippen LogP contribution in [0.2, 0.25) is 0 Å². The van der Waals surface area contributed by atoms with Crippen LogP contribution in [0.1, 0.15) is 0 Å². The van der Waals surface area contributed by atoms with Gasteiger partial charge in [0.15, 0.2) is 0 Å². The van der Waals surface area contributed by atoms with Gasteiger partial charge in [-0.1, -0.05) is 0 Å². The molecular weight excluding hydrogens is 107 g/mol. The molecular formula is HF4P. The summed E-state index contributed by atoms with van der Waals surface area (Å²) in [5.74, 6) is 0. The van der Waals surface area contributed by atoms with Crippen molar-refractivity contribution >= 4 is 8.45 Å². The molecule has 5 heteroatoms. The van der Waals surface area contributed by atoms with Crippen LogP contribution < -0.4 is 0 Å². The van der Waals surface area contributed by atoms with Gasteiger partial charge in [-0.25, -0.2) is 0 Å². The molecule has 5 heavy (non-hydrogen) atoms. The topological polar surface area (TPSA) is 0 Å². The first kappa shape index (κ1) is 3.34. The molecule has 0 saturated heterocycles. The van der Waals surface area contributed by atoms with Gasteiger partial charge in [-0.15, -0.1) is 0 Å². The molecule has 0 amide bonds. The molecule has 0 nitrogen and oxygen atoms in total. The standard InChI is InChI=1S/F4HP/c1-5(2,3)4/h5H/i5T. The van der Waals surface area contributed by atoms with Crippen LogP contribution in [0, 0.1) is 0 Å². The van der Waals surface area contributed by atoms with Crippen molar-refractivity contribution < 1.29 is 16.8 Å². The number of halogens is 4. The summed E-state index contributed by atoms with van der Waals surface area (Å²) in [5, 5.41) is 0. The molecule has 0 N–H and O–H groups in total. The molecule has 0 aliphatic carbocycles. The van der Waals surface area contributed by atoms with Crippen molar-refractivity contribution in [3.63, 3.8) is 0 Å². The summed E-state index contributed by atoms with van der Waals surface area (Å²) in [6.45, 7) is 0. The van der Waals surface area contributed by atoms with Crippen LogP contribution in [-0.4, -0.2) is 1.28 Å². The van der Waals surface area contributed by atoms with E-state index in [1.165, 1.54) is 0 Å². The average Bonchev–Trinajstić information content (AvgIpc) is 0.650. The zero-order chi connectivity index (χ0) is 5.45. The Morgan fingerprint density at radius 1 is 1.20 bits per heavy atom. The van der Waals surface area contributed by atoms with Crippen LogP contribution in [0.4, 0.5) is 16.8 Å². The van der Waals surface area contributed by atoms with Crippen LogP contribution in [0.15, 0.2) is 0 Å². The maximum absolute atomic E-state index is 10.2. The molecule has 0 aromatic carbocycles. The molecule has 0 heterocycles. The third-order valence-corrected chi connectivity index (χ3v) is 0. The van der Waals surface area contributed by atoms with Crippen molar-refractivity contribution in [3.8, 4) is 0 Å². The monoisotopic (exact) mass is 110 g/mol. The Bertz CT molecular complexity index is 40.7. The van der Waals surface area contributed by atoms with E-state index in [1.807, 2.05) is 0 Å². The van der Waals surface area contributed by atoms with E-state index < -0.39 is 8.45 Å². The first-order valence-electron chi connectivity index (χ1n) is 1.12. The zero-order valence-electron chi connectivity index (χ0n) is 2.96. The zero-order valence-corrected chi connectivity index (χ0v) is 2.85. The van der Waals surface area contributed by atoms with Crippen LogP contribution in [-0.2, 0) is 0 Å². The summed E-state index contributed by atoms with van der Waals surface area (Å²) in [7, 11) is -7.80. The quantitative estimate of drug-likeness (QED) is 0.331. The maximum atomic E-state index is 10.2. The first-order valence-corrected chi connectivity index (χ1v) is 2.03. The van der Waals surface area contributed by atoms with E-state index in [0.29, 0.717) is 0 Å². The van der Waals surface area contributed by atoms with Crippen molar-refractivity contribution in [1.82, 2.24) is 0 Å². The van der Waals surface area contributed by atoms with Gasteiger partial charge >= 0.3 is 26.5 Å². The third-order valence-electron chi connectivity index (χ3n) is 0. The Labute approximate surface area is 27.9 Å². The van der Waals surface area contributed by atoms with E-state index in [1.54, 1.807) is 0 Å². The van der Waals surface area contributed by atoms with Gasteiger partial charge in [0, 0.05) is 0 Å². The molecule has 0 unspecified atom stereocenters. The van der Waals surface area contributed by atoms with Gasteiger partial charge in [-0.05, 0) is 0 Å². The summed E-state index contributed by atoms with van der Waals surface area (Å²) >= 11 is 0. The van der Waals surface area contributed by atoms with Crippen LogP contribution in [0.3, 0.4) is 0 Å². The fourth-order valence-corrected chi connectivity index (χ4v) is 0. The summed E-state index contributed by atoms with van der Waals surface area (Å²) in [4.78, 5) is 0. The summed E-state index contributed by atoms with van der Waals surface area (Å²) in [6.07, 6.45) is 0. The number of hydrogen-bond donors (Lipinski definition) is 0. The van der Waals surface area contributed by atoms with Crippen molar-refractivity contribution in [3.05, 3.63) is 0 Å². The van der Waals surface area contributed by atoms with Gasteiger partial charge in [-0.2, -0.15) is 0 Å². The van der Waals surface area contributed by atoms with Gasteiger partial charge in [0.1, 0.15) is 0 Å². The Morgan fingerprint density at radius 3 is 1.20 bits per heavy atom. The van der Waals surface area contributed by atoms with Crippen LogP contribution >= 0.6 is 8.45 Å². The summed E-state index contributed by atoms with van der Waals surface area (Å²) in [6, 6.07) is 0. The molecule has 34 valence electrons. The van der Waals surface area contributed by atoms with Gasteiger partial charge in [0.2, 0.25) is 0 Å². The predicted octanol–water partition coefficient (Wildman–Crippen LogP) is 2.27. The normalized spacial score (nSPS) is 23.2. The minimum absolute atomic E-state index is 4.76. The molecule has 0 rings (SSSR count). The average molecular weight is 110 g/mol. The fourth-order valence-electron chi connectivity index (χ4n) is 0. The molecule has 0 spiro atoms. The van der Waals surface area contributed by atoms with E-state index in [9.17, 15) is 16.8 Å². The molecule has 0 aromatic rings. The van der Waals surface area contributed by atoms with Crippen molar-refractivity contribution in [2.75, 3.05) is 0 Å². The van der Waals surface area contributed by atoms with E-state index in [0.717, 1.165) is 0 Å². The second-order valence-corrected chi connectivity index (χ2v) is 1.15. The first-order chi connectivity index (χ1) is 2.24. The van der Waals surface area contributed by atoms with Crippen LogP contribution in [0.25, 0.3) is 0 Å². The van der Waals surface area contributed by atoms with Crippen molar-refractivity contribution in [2.45, 2.75) is 0 Å². The summed E-state index contributed by atoms with van der Waals surface area (Å²) in [5.41, 5.74) is 0. The minimum atomic E-state index is -7.80. The molecule has 0 aliphatic heterocycles. The Morgan fingerprint density at radius 2 is 1.20 bits per heavy atom. The second kappa shape index (κ2) is 1.09. The van der Waals surface area contributed by atoms with E-state index in [2.05, 4.69) is 0 Å². The van der Waals surface area contributed by atoms with E-state index in [-0.39, 0.29) is 0 Å².